The summed E-state index contributed by atoms with van der Waals surface area (Å²) in [6, 6.07) is -2.55. The van der Waals surface area contributed by atoms with E-state index in [9.17, 15) is 63.6 Å². The fourth-order valence-electron chi connectivity index (χ4n) is 5.77. The summed E-state index contributed by atoms with van der Waals surface area (Å²) < 4.78 is 0. The number of rotatable bonds is 27. The number of carboxylic acid groups (broad SMARTS) is 6. The summed E-state index contributed by atoms with van der Waals surface area (Å²) in [5, 5.41) is 65.6. The van der Waals surface area contributed by atoms with E-state index in [1.807, 2.05) is 0 Å². The molecule has 0 aliphatic carbocycles. The number of aliphatic carboxylic acids is 6. The molecule has 0 bridgehead atoms. The number of carbonyl (C=O) groups excluding carboxylic acids is 3. The predicted octanol–water partition coefficient (Wildman–Crippen LogP) is -3.49. The Hall–Kier alpha value is -4.97. The third-order valence-corrected chi connectivity index (χ3v) is 8.86. The topological polar surface area (TPSA) is 336 Å². The predicted molar refractivity (Wildman–Crippen MR) is 198 cm³/mol. The lowest BCUT2D eigenvalue weighted by Crippen LogP contribution is -2.49. The Bertz CT molecular complexity index is 1320. The highest BCUT2D eigenvalue weighted by Crippen LogP contribution is 2.04. The van der Waals surface area contributed by atoms with Crippen molar-refractivity contribution in [3.8, 4) is 0 Å². The van der Waals surface area contributed by atoms with Crippen molar-refractivity contribution in [1.29, 1.82) is 0 Å². The average molecular weight is 819 g/mol. The van der Waals surface area contributed by atoms with E-state index >= 15 is 0 Å². The fraction of sp³-hybridized carbons (Fsp3) is 0.735. The molecule has 2 unspecified atom stereocenters. The van der Waals surface area contributed by atoms with Crippen LogP contribution in [-0.4, -0.2) is 214 Å². The van der Waals surface area contributed by atoms with Crippen molar-refractivity contribution in [1.82, 2.24) is 40.9 Å². The highest BCUT2D eigenvalue weighted by molar-refractivity contribution is 5.85. The zero-order valence-corrected chi connectivity index (χ0v) is 32.1. The Labute approximate surface area is 329 Å². The first kappa shape index (κ1) is 50.0. The van der Waals surface area contributed by atoms with Gasteiger partial charge >= 0.3 is 35.8 Å². The van der Waals surface area contributed by atoms with Crippen LogP contribution < -0.4 is 21.3 Å². The molecule has 0 radical (unpaired) electrons. The maximum absolute atomic E-state index is 12.8. The van der Waals surface area contributed by atoms with Gasteiger partial charge in [0, 0.05) is 78.3 Å². The minimum Gasteiger partial charge on any atom is -0.481 e. The Morgan fingerprint density at radius 3 is 1.28 bits per heavy atom. The molecular weight excluding hydrogens is 760 g/mol. The van der Waals surface area contributed by atoms with Crippen LogP contribution in [0.1, 0.15) is 51.4 Å². The van der Waals surface area contributed by atoms with Gasteiger partial charge in [-0.05, 0) is 38.5 Å². The maximum atomic E-state index is 12.8. The molecule has 1 aliphatic heterocycles. The van der Waals surface area contributed by atoms with Gasteiger partial charge in [-0.2, -0.15) is 0 Å². The van der Waals surface area contributed by atoms with Gasteiger partial charge in [0.1, 0.15) is 12.1 Å². The van der Waals surface area contributed by atoms with Gasteiger partial charge in [0.15, 0.2) is 0 Å². The van der Waals surface area contributed by atoms with Crippen molar-refractivity contribution in [2.45, 2.75) is 63.5 Å². The molecule has 1 aliphatic rings. The molecule has 23 nitrogen and oxygen atoms in total. The van der Waals surface area contributed by atoms with Gasteiger partial charge in [-0.15, -0.1) is 0 Å². The standard InChI is InChI=1S/C34H58N8O15/c43-26(35-9-3-1-5-24(33(54)55)37-19-27(44)38-25(34(56)57)7-8-29(46)47)6-2-4-10-36-28(45)20-39-11-13-40(21-30(48)49)15-17-42(23-32(52)53)18-16-41(14-12-39)22-31(50)51/h24-25,37H,1-23H2,(H,35,43)(H,36,45)(H,38,44)(H,46,47)(H,48,49)(H,50,51)(H,52,53)(H,54,55)(H,56,57). The maximum Gasteiger partial charge on any atom is 0.326 e. The Morgan fingerprint density at radius 2 is 0.860 bits per heavy atom. The first-order chi connectivity index (χ1) is 26.9. The second kappa shape index (κ2) is 28.4. The first-order valence-electron chi connectivity index (χ1n) is 18.7. The third kappa shape index (κ3) is 25.7. The van der Waals surface area contributed by atoms with Crippen LogP contribution in [0.4, 0.5) is 0 Å². The number of hydrogen-bond acceptors (Lipinski definition) is 14. The highest BCUT2D eigenvalue weighted by atomic mass is 16.4. The molecule has 0 spiro atoms. The molecule has 1 heterocycles. The van der Waals surface area contributed by atoms with Crippen LogP contribution in [0.3, 0.4) is 0 Å². The van der Waals surface area contributed by atoms with Gasteiger partial charge in [-0.25, -0.2) is 4.79 Å². The monoisotopic (exact) mass is 818 g/mol. The molecule has 1 saturated heterocycles. The van der Waals surface area contributed by atoms with E-state index in [0.29, 0.717) is 38.8 Å². The molecule has 0 aromatic rings. The van der Waals surface area contributed by atoms with Crippen LogP contribution in [0, 0.1) is 0 Å². The summed E-state index contributed by atoms with van der Waals surface area (Å²) in [6.07, 6.45) is 1.28. The quantitative estimate of drug-likeness (QED) is 0.0360. The summed E-state index contributed by atoms with van der Waals surface area (Å²) in [4.78, 5) is 112. The van der Waals surface area contributed by atoms with E-state index in [1.165, 1.54) is 0 Å². The zero-order chi connectivity index (χ0) is 42.8. The fourth-order valence-corrected chi connectivity index (χ4v) is 5.77. The number of hydrogen-bond donors (Lipinski definition) is 10. The van der Waals surface area contributed by atoms with Gasteiger partial charge in [-0.3, -0.25) is 63.3 Å². The molecule has 1 fully saturated rings. The van der Waals surface area contributed by atoms with E-state index in [2.05, 4.69) is 21.3 Å². The molecule has 0 saturated carbocycles. The summed E-state index contributed by atoms with van der Waals surface area (Å²) in [7, 11) is 0. The smallest absolute Gasteiger partial charge is 0.326 e. The van der Waals surface area contributed by atoms with Gasteiger partial charge in [0.2, 0.25) is 17.7 Å². The highest BCUT2D eigenvalue weighted by Gasteiger charge is 2.24. The second-order valence-corrected chi connectivity index (χ2v) is 13.6. The number of carbonyl (C=O) groups is 9. The summed E-state index contributed by atoms with van der Waals surface area (Å²) in [6.45, 7) is 1.41. The van der Waals surface area contributed by atoms with Gasteiger partial charge < -0.3 is 46.6 Å². The minimum absolute atomic E-state index is 0.0291. The summed E-state index contributed by atoms with van der Waals surface area (Å²) >= 11 is 0. The number of carboxylic acids is 6. The number of nitrogens with one attached hydrogen (secondary N) is 4. The number of amides is 3. The lowest BCUT2D eigenvalue weighted by Gasteiger charge is -2.32. The molecule has 0 aromatic heterocycles. The molecule has 1 rings (SSSR count). The van der Waals surface area contributed by atoms with Crippen LogP contribution >= 0.6 is 0 Å². The lowest BCUT2D eigenvalue weighted by atomic mass is 10.1. The molecule has 2 atom stereocenters. The average Bonchev–Trinajstić information content (AvgIpc) is 3.11. The van der Waals surface area contributed by atoms with Gasteiger partial charge in [0.25, 0.3) is 0 Å². The van der Waals surface area contributed by atoms with Crippen molar-refractivity contribution in [3.63, 3.8) is 0 Å². The second-order valence-electron chi connectivity index (χ2n) is 13.6. The van der Waals surface area contributed by atoms with Gasteiger partial charge in [-0.1, -0.05) is 0 Å². The normalized spacial score (nSPS) is 16.2. The van der Waals surface area contributed by atoms with Crippen LogP contribution in [-0.2, 0) is 43.2 Å². The SMILES string of the molecule is O=C(O)CCC(NC(=O)CNC(CCCCNC(=O)CCCCNC(=O)CN1CCN(CC(=O)O)CCN(CC(=O)O)CCN(CC(=O)O)CC1)C(=O)O)C(=O)O. The van der Waals surface area contributed by atoms with Gasteiger partial charge in [0.05, 0.1) is 32.7 Å². The molecular formula is C34H58N8O15. The van der Waals surface area contributed by atoms with E-state index in [4.69, 9.17) is 10.2 Å². The minimum atomic E-state index is -1.43. The van der Waals surface area contributed by atoms with E-state index in [-0.39, 0.29) is 110 Å². The molecule has 324 valence electrons. The molecule has 3 amide bonds. The van der Waals surface area contributed by atoms with Crippen LogP contribution in [0.15, 0.2) is 0 Å². The largest absolute Gasteiger partial charge is 0.481 e. The Balaban J connectivity index is 2.45. The van der Waals surface area contributed by atoms with Crippen molar-refractivity contribution in [2.75, 3.05) is 98.2 Å². The van der Waals surface area contributed by atoms with Crippen molar-refractivity contribution < 1.29 is 73.8 Å². The lowest BCUT2D eigenvalue weighted by molar-refractivity contribution is -0.144. The zero-order valence-electron chi connectivity index (χ0n) is 32.1. The third-order valence-electron chi connectivity index (χ3n) is 8.86. The first-order valence-corrected chi connectivity index (χ1v) is 18.7. The van der Waals surface area contributed by atoms with E-state index < -0.39 is 66.8 Å². The van der Waals surface area contributed by atoms with E-state index in [0.717, 1.165) is 0 Å². The van der Waals surface area contributed by atoms with Crippen LogP contribution in [0.5, 0.6) is 0 Å². The van der Waals surface area contributed by atoms with Crippen LogP contribution in [0.2, 0.25) is 0 Å². The number of unbranched alkanes of at least 4 members (excludes halogenated alkanes) is 2. The van der Waals surface area contributed by atoms with Crippen molar-refractivity contribution >= 4 is 53.5 Å². The van der Waals surface area contributed by atoms with E-state index in [1.54, 1.807) is 19.6 Å². The molecule has 57 heavy (non-hydrogen) atoms. The van der Waals surface area contributed by atoms with Crippen molar-refractivity contribution in [3.05, 3.63) is 0 Å². The molecule has 10 N–H and O–H groups in total. The summed E-state index contributed by atoms with van der Waals surface area (Å²) in [5.74, 6) is -8.36. The Morgan fingerprint density at radius 1 is 0.439 bits per heavy atom. The molecule has 23 heteroatoms. The Kier molecular flexibility index (Phi) is 25.0. The van der Waals surface area contributed by atoms with Crippen LogP contribution in [0.25, 0.3) is 0 Å². The van der Waals surface area contributed by atoms with Crippen molar-refractivity contribution in [2.24, 2.45) is 0 Å². The number of nitrogens with zero attached hydrogens (tertiary/aromatic N) is 4. The summed E-state index contributed by atoms with van der Waals surface area (Å²) in [5.41, 5.74) is 0. The molecule has 0 aromatic carbocycles.